The topological polar surface area (TPSA) is 8.17 Å². The van der Waals surface area contributed by atoms with Crippen molar-refractivity contribution in [2.45, 2.75) is 19.3 Å². The molecule has 1 heterocycles. The zero-order valence-corrected chi connectivity index (χ0v) is 29.7. The lowest BCUT2D eigenvalue weighted by molar-refractivity contribution is 0.663. The molecule has 0 atom stereocenters. The highest BCUT2D eigenvalue weighted by Crippen LogP contribution is 2.53. The highest BCUT2D eigenvalue weighted by molar-refractivity contribution is 6.13. The number of rotatable bonds is 4. The van der Waals surface area contributed by atoms with E-state index in [1.807, 2.05) is 0 Å². The molecular formula is C51H36N2. The molecule has 2 heteroatoms. The summed E-state index contributed by atoms with van der Waals surface area (Å²) in [5.74, 6) is 6.98. The molecule has 53 heavy (non-hydrogen) atoms. The van der Waals surface area contributed by atoms with Crippen LogP contribution in [0.4, 0.5) is 17.1 Å². The summed E-state index contributed by atoms with van der Waals surface area (Å²) < 4.78 is 2.49. The van der Waals surface area contributed by atoms with Gasteiger partial charge in [-0.3, -0.25) is 0 Å². The van der Waals surface area contributed by atoms with Crippen LogP contribution in [-0.2, 0) is 5.41 Å². The van der Waals surface area contributed by atoms with E-state index in [2.05, 4.69) is 217 Å². The second-order valence-electron chi connectivity index (χ2n) is 14.5. The first-order chi connectivity index (χ1) is 26.0. The third kappa shape index (κ3) is 5.05. The zero-order valence-electron chi connectivity index (χ0n) is 29.7. The highest BCUT2D eigenvalue weighted by atomic mass is 15.1. The standard InChI is InChI=1S/C51H36N2/c1-51(2)47-33-36(22-21-35-23-27-41(28-24-35)52(39-15-5-3-6-16-39)40-17-7-4-8-18-40)25-30-43(47)45-31-32-46-44-19-11-12-20-48(44)53(50(46)49(45)51)42-29-26-37-13-9-10-14-38(37)34-42/h3-20,23-34H,1-2H3. The fourth-order valence-electron chi connectivity index (χ4n) is 8.45. The summed E-state index contributed by atoms with van der Waals surface area (Å²) >= 11 is 0. The Morgan fingerprint density at radius 3 is 1.83 bits per heavy atom. The fraction of sp³-hybridized carbons (Fsp3) is 0.0588. The normalized spacial score (nSPS) is 12.7. The number of anilines is 3. The van der Waals surface area contributed by atoms with Crippen LogP contribution in [0.25, 0.3) is 49.4 Å². The molecule has 250 valence electrons. The largest absolute Gasteiger partial charge is 0.311 e. The number of aromatic nitrogens is 1. The lowest BCUT2D eigenvalue weighted by atomic mass is 9.81. The van der Waals surface area contributed by atoms with E-state index in [0.29, 0.717) is 0 Å². The molecule has 0 amide bonds. The maximum Gasteiger partial charge on any atom is 0.0588 e. The Kier molecular flexibility index (Phi) is 7.10. The van der Waals surface area contributed by atoms with Crippen molar-refractivity contribution >= 4 is 49.6 Å². The van der Waals surface area contributed by atoms with Gasteiger partial charge < -0.3 is 9.47 Å². The maximum absolute atomic E-state index is 3.51. The average molecular weight is 677 g/mol. The van der Waals surface area contributed by atoms with Gasteiger partial charge >= 0.3 is 0 Å². The van der Waals surface area contributed by atoms with Crippen molar-refractivity contribution in [2.75, 3.05) is 4.90 Å². The summed E-state index contributed by atoms with van der Waals surface area (Å²) in [6.07, 6.45) is 0. The Morgan fingerprint density at radius 2 is 1.08 bits per heavy atom. The molecule has 0 unspecified atom stereocenters. The highest BCUT2D eigenvalue weighted by Gasteiger charge is 2.38. The first-order valence-electron chi connectivity index (χ1n) is 18.3. The Hall–Kier alpha value is -6.82. The molecule has 0 N–H and O–H groups in total. The van der Waals surface area contributed by atoms with E-state index in [1.54, 1.807) is 0 Å². The van der Waals surface area contributed by atoms with Gasteiger partial charge in [-0.25, -0.2) is 0 Å². The van der Waals surface area contributed by atoms with Crippen molar-refractivity contribution in [1.29, 1.82) is 0 Å². The van der Waals surface area contributed by atoms with Gasteiger partial charge in [-0.05, 0) is 112 Å². The van der Waals surface area contributed by atoms with Gasteiger partial charge in [-0.2, -0.15) is 0 Å². The predicted octanol–water partition coefficient (Wildman–Crippen LogP) is 13.1. The summed E-state index contributed by atoms with van der Waals surface area (Å²) in [4.78, 5) is 2.27. The third-order valence-electron chi connectivity index (χ3n) is 10.9. The van der Waals surface area contributed by atoms with E-state index in [-0.39, 0.29) is 5.41 Å². The SMILES string of the molecule is CC1(C)c2cc(C#Cc3ccc(N(c4ccccc4)c4ccccc4)cc3)ccc2-c2ccc3c4ccccc4n(-c4ccc5ccccc5c4)c3c21. The zero-order chi connectivity index (χ0) is 35.5. The van der Waals surface area contributed by atoms with Crippen molar-refractivity contribution in [3.63, 3.8) is 0 Å². The smallest absolute Gasteiger partial charge is 0.0588 e. The van der Waals surface area contributed by atoms with E-state index in [1.165, 1.54) is 60.5 Å². The first-order valence-corrected chi connectivity index (χ1v) is 18.3. The van der Waals surface area contributed by atoms with Crippen LogP contribution in [0.3, 0.4) is 0 Å². The predicted molar refractivity (Wildman–Crippen MR) is 223 cm³/mol. The molecular weight excluding hydrogens is 641 g/mol. The van der Waals surface area contributed by atoms with Crippen LogP contribution in [0.2, 0.25) is 0 Å². The molecule has 1 aromatic heterocycles. The molecule has 0 aliphatic heterocycles. The number of nitrogens with zero attached hydrogens (tertiary/aromatic N) is 2. The van der Waals surface area contributed by atoms with Gasteiger partial charge in [-0.15, -0.1) is 0 Å². The van der Waals surface area contributed by atoms with Crippen molar-refractivity contribution in [3.05, 3.63) is 204 Å². The van der Waals surface area contributed by atoms with Gasteiger partial charge in [0.25, 0.3) is 0 Å². The number of fused-ring (bicyclic) bond motifs is 8. The molecule has 2 nitrogen and oxygen atoms in total. The Morgan fingerprint density at radius 1 is 0.472 bits per heavy atom. The average Bonchev–Trinajstić information content (AvgIpc) is 3.66. The summed E-state index contributed by atoms with van der Waals surface area (Å²) in [5.41, 5.74) is 14.1. The number of hydrogen-bond acceptors (Lipinski definition) is 1. The van der Waals surface area contributed by atoms with Crippen LogP contribution in [0.5, 0.6) is 0 Å². The van der Waals surface area contributed by atoms with Crippen LogP contribution in [0.1, 0.15) is 36.1 Å². The van der Waals surface area contributed by atoms with Gasteiger partial charge in [0.2, 0.25) is 0 Å². The van der Waals surface area contributed by atoms with Gasteiger partial charge in [-0.1, -0.05) is 129 Å². The van der Waals surface area contributed by atoms with Crippen molar-refractivity contribution in [1.82, 2.24) is 4.57 Å². The minimum Gasteiger partial charge on any atom is -0.311 e. The van der Waals surface area contributed by atoms with Crippen LogP contribution in [0.15, 0.2) is 182 Å². The number of benzene rings is 8. The second-order valence-corrected chi connectivity index (χ2v) is 14.5. The molecule has 9 aromatic rings. The molecule has 0 saturated carbocycles. The molecule has 0 fully saturated rings. The number of hydrogen-bond donors (Lipinski definition) is 0. The second kappa shape index (κ2) is 12.2. The van der Waals surface area contributed by atoms with E-state index in [9.17, 15) is 0 Å². The minimum atomic E-state index is -0.231. The molecule has 0 bridgehead atoms. The fourth-order valence-corrected chi connectivity index (χ4v) is 8.45. The molecule has 10 rings (SSSR count). The Bertz CT molecular complexity index is 2860. The van der Waals surface area contributed by atoms with Gasteiger partial charge in [0.05, 0.1) is 11.0 Å². The van der Waals surface area contributed by atoms with E-state index in [0.717, 1.165) is 28.2 Å². The van der Waals surface area contributed by atoms with E-state index >= 15 is 0 Å². The summed E-state index contributed by atoms with van der Waals surface area (Å²) in [5, 5.41) is 5.06. The lowest BCUT2D eigenvalue weighted by Gasteiger charge is -2.25. The maximum atomic E-state index is 3.51. The Labute approximate surface area is 310 Å². The van der Waals surface area contributed by atoms with Crippen LogP contribution in [-0.4, -0.2) is 4.57 Å². The molecule has 0 saturated heterocycles. The molecule has 0 radical (unpaired) electrons. The molecule has 1 aliphatic rings. The van der Waals surface area contributed by atoms with Crippen LogP contribution in [0, 0.1) is 11.8 Å². The van der Waals surface area contributed by atoms with Crippen molar-refractivity contribution < 1.29 is 0 Å². The molecule has 8 aromatic carbocycles. The Balaban J connectivity index is 1.04. The third-order valence-corrected chi connectivity index (χ3v) is 10.9. The van der Waals surface area contributed by atoms with Gasteiger partial charge in [0.15, 0.2) is 0 Å². The lowest BCUT2D eigenvalue weighted by Crippen LogP contribution is -2.16. The molecule has 0 spiro atoms. The summed E-state index contributed by atoms with van der Waals surface area (Å²) in [7, 11) is 0. The van der Waals surface area contributed by atoms with Crippen LogP contribution >= 0.6 is 0 Å². The minimum absolute atomic E-state index is 0.231. The van der Waals surface area contributed by atoms with Gasteiger partial charge in [0.1, 0.15) is 0 Å². The summed E-state index contributed by atoms with van der Waals surface area (Å²) in [6.45, 7) is 4.75. The summed E-state index contributed by atoms with van der Waals surface area (Å²) in [6, 6.07) is 65.3. The van der Waals surface area contributed by atoms with E-state index < -0.39 is 0 Å². The van der Waals surface area contributed by atoms with Gasteiger partial charge in [0, 0.05) is 50.1 Å². The first kappa shape index (κ1) is 31.0. The van der Waals surface area contributed by atoms with E-state index in [4.69, 9.17) is 0 Å². The molecule has 1 aliphatic carbocycles. The quantitative estimate of drug-likeness (QED) is 0.168. The van der Waals surface area contributed by atoms with Crippen molar-refractivity contribution in [2.24, 2.45) is 0 Å². The monoisotopic (exact) mass is 676 g/mol. The number of para-hydroxylation sites is 3. The van der Waals surface area contributed by atoms with Crippen LogP contribution < -0.4 is 4.90 Å². The van der Waals surface area contributed by atoms with Crippen molar-refractivity contribution in [3.8, 4) is 28.7 Å².